The van der Waals surface area contributed by atoms with Gasteiger partial charge in [0, 0.05) is 0 Å². The third-order valence-electron chi connectivity index (χ3n) is 5.02. The topological polar surface area (TPSA) is 79.4 Å². The number of rotatable bonds is 5. The summed E-state index contributed by atoms with van der Waals surface area (Å²) in [4.78, 5) is 42.6. The fraction of sp³-hybridized carbons (Fsp3) is 0.238. The van der Waals surface area contributed by atoms with Crippen molar-refractivity contribution in [1.29, 1.82) is 0 Å². The van der Waals surface area contributed by atoms with Crippen LogP contribution in [0.4, 0.5) is 5.13 Å². The van der Waals surface area contributed by atoms with Gasteiger partial charge in [-0.25, -0.2) is 4.98 Å². The molecule has 0 bridgehead atoms. The van der Waals surface area contributed by atoms with Gasteiger partial charge in [-0.05, 0) is 42.2 Å². The highest BCUT2D eigenvalue weighted by atomic mass is 32.1. The standard InChI is InChI=1S/C21H19N3O3S/c1-3-12(2)13-8-9-16-17(10-13)28-21(22-16)23-18(25)11-24-19(26)14-6-4-5-7-15(14)20(24)27/h4-10,12H,3,11H2,1-2H3,(H,22,23,25). The normalized spacial score (nSPS) is 14.4. The van der Waals surface area contributed by atoms with Gasteiger partial charge in [-0.15, -0.1) is 0 Å². The number of carbonyl (C=O) groups excluding carboxylic acids is 3. The summed E-state index contributed by atoms with van der Waals surface area (Å²) in [6, 6.07) is 12.7. The second-order valence-corrected chi connectivity index (χ2v) is 7.88. The molecule has 1 N–H and O–H groups in total. The minimum atomic E-state index is -0.448. The molecule has 2 heterocycles. The first-order valence-electron chi connectivity index (χ1n) is 9.13. The number of anilines is 1. The van der Waals surface area contributed by atoms with E-state index in [2.05, 4.69) is 36.3 Å². The number of fused-ring (bicyclic) bond motifs is 2. The Morgan fingerprint density at radius 2 is 1.82 bits per heavy atom. The summed E-state index contributed by atoms with van der Waals surface area (Å²) >= 11 is 1.38. The van der Waals surface area contributed by atoms with Crippen LogP contribution in [0.5, 0.6) is 0 Å². The molecule has 0 saturated heterocycles. The number of thiazole rings is 1. The SMILES string of the molecule is CCC(C)c1ccc2nc(NC(=O)CN3C(=O)c4ccccc4C3=O)sc2c1. The predicted molar refractivity (Wildman–Crippen MR) is 109 cm³/mol. The van der Waals surface area contributed by atoms with E-state index in [4.69, 9.17) is 0 Å². The molecule has 3 aromatic rings. The van der Waals surface area contributed by atoms with E-state index in [1.165, 1.54) is 16.9 Å². The average molecular weight is 393 g/mol. The monoisotopic (exact) mass is 393 g/mol. The number of imide groups is 1. The number of benzene rings is 2. The summed E-state index contributed by atoms with van der Waals surface area (Å²) in [7, 11) is 0. The van der Waals surface area contributed by atoms with Crippen LogP contribution in [-0.4, -0.2) is 34.2 Å². The zero-order valence-corrected chi connectivity index (χ0v) is 16.4. The number of hydrogen-bond donors (Lipinski definition) is 1. The van der Waals surface area contributed by atoms with Gasteiger partial charge < -0.3 is 5.32 Å². The minimum absolute atomic E-state index is 0.331. The van der Waals surface area contributed by atoms with Crippen molar-refractivity contribution in [3.05, 3.63) is 59.2 Å². The predicted octanol–water partition coefficient (Wildman–Crippen LogP) is 4.04. The lowest BCUT2D eigenvalue weighted by molar-refractivity contribution is -0.116. The van der Waals surface area contributed by atoms with Crippen LogP contribution in [0.3, 0.4) is 0 Å². The van der Waals surface area contributed by atoms with Crippen LogP contribution in [0.1, 0.15) is 52.5 Å². The summed E-state index contributed by atoms with van der Waals surface area (Å²) < 4.78 is 0.994. The molecule has 1 aliphatic heterocycles. The molecule has 1 aliphatic rings. The second kappa shape index (κ2) is 7.16. The van der Waals surface area contributed by atoms with Gasteiger partial charge in [0.1, 0.15) is 6.54 Å². The quantitative estimate of drug-likeness (QED) is 0.664. The summed E-state index contributed by atoms with van der Waals surface area (Å²) in [6.45, 7) is 3.99. The molecule has 28 heavy (non-hydrogen) atoms. The van der Waals surface area contributed by atoms with Gasteiger partial charge in [-0.2, -0.15) is 0 Å². The lowest BCUT2D eigenvalue weighted by Crippen LogP contribution is -2.37. The molecule has 0 aliphatic carbocycles. The molecule has 4 rings (SSSR count). The highest BCUT2D eigenvalue weighted by Gasteiger charge is 2.36. The number of nitrogens with zero attached hydrogens (tertiary/aromatic N) is 2. The van der Waals surface area contributed by atoms with Gasteiger partial charge in [-0.3, -0.25) is 19.3 Å². The number of carbonyl (C=O) groups is 3. The number of hydrogen-bond acceptors (Lipinski definition) is 5. The van der Waals surface area contributed by atoms with Crippen LogP contribution >= 0.6 is 11.3 Å². The maximum atomic E-state index is 12.4. The molecular weight excluding hydrogens is 374 g/mol. The lowest BCUT2D eigenvalue weighted by atomic mass is 9.99. The van der Waals surface area contributed by atoms with Crippen LogP contribution in [0.2, 0.25) is 0 Å². The van der Waals surface area contributed by atoms with Gasteiger partial charge >= 0.3 is 0 Å². The first-order valence-corrected chi connectivity index (χ1v) is 9.95. The Labute approximate surface area is 166 Å². The van der Waals surface area contributed by atoms with E-state index < -0.39 is 17.7 Å². The highest BCUT2D eigenvalue weighted by molar-refractivity contribution is 7.22. The molecule has 3 amide bonds. The zero-order chi connectivity index (χ0) is 19.8. The van der Waals surface area contributed by atoms with Crippen molar-refractivity contribution in [2.24, 2.45) is 0 Å². The smallest absolute Gasteiger partial charge is 0.262 e. The molecule has 1 unspecified atom stereocenters. The van der Waals surface area contributed by atoms with Gasteiger partial charge in [-0.1, -0.05) is 43.4 Å². The van der Waals surface area contributed by atoms with E-state index in [1.807, 2.05) is 6.07 Å². The van der Waals surface area contributed by atoms with Crippen molar-refractivity contribution < 1.29 is 14.4 Å². The molecule has 0 saturated carbocycles. The summed E-state index contributed by atoms with van der Waals surface area (Å²) in [5.74, 6) is -0.884. The van der Waals surface area contributed by atoms with E-state index in [9.17, 15) is 14.4 Å². The van der Waals surface area contributed by atoms with E-state index >= 15 is 0 Å². The fourth-order valence-corrected chi connectivity index (χ4v) is 4.15. The number of nitrogens with one attached hydrogen (secondary N) is 1. The van der Waals surface area contributed by atoms with Crippen molar-refractivity contribution in [3.63, 3.8) is 0 Å². The Hall–Kier alpha value is -3.06. The minimum Gasteiger partial charge on any atom is -0.300 e. The van der Waals surface area contributed by atoms with Gasteiger partial charge in [0.2, 0.25) is 5.91 Å². The van der Waals surface area contributed by atoms with Crippen molar-refractivity contribution in [3.8, 4) is 0 Å². The molecule has 6 nitrogen and oxygen atoms in total. The molecule has 142 valence electrons. The summed E-state index contributed by atoms with van der Waals surface area (Å²) in [5, 5.41) is 3.17. The third-order valence-corrected chi connectivity index (χ3v) is 5.95. The van der Waals surface area contributed by atoms with Crippen LogP contribution in [0.25, 0.3) is 10.2 Å². The summed E-state index contributed by atoms with van der Waals surface area (Å²) in [5.41, 5.74) is 2.71. The highest BCUT2D eigenvalue weighted by Crippen LogP contribution is 2.30. The first kappa shape index (κ1) is 18.3. The maximum Gasteiger partial charge on any atom is 0.262 e. The number of aromatic nitrogens is 1. The van der Waals surface area contributed by atoms with Crippen molar-refractivity contribution >= 4 is 44.4 Å². The zero-order valence-electron chi connectivity index (χ0n) is 15.6. The molecule has 7 heteroatoms. The first-order chi connectivity index (χ1) is 13.5. The van der Waals surface area contributed by atoms with E-state index in [1.54, 1.807) is 24.3 Å². The molecule has 1 atom stereocenters. The van der Waals surface area contributed by atoms with Crippen molar-refractivity contribution in [2.75, 3.05) is 11.9 Å². The molecule has 2 aromatic carbocycles. The fourth-order valence-electron chi connectivity index (χ4n) is 3.22. The Bertz CT molecular complexity index is 1070. The van der Waals surface area contributed by atoms with Gasteiger partial charge in [0.25, 0.3) is 11.8 Å². The lowest BCUT2D eigenvalue weighted by Gasteiger charge is -2.12. The van der Waals surface area contributed by atoms with Crippen LogP contribution in [-0.2, 0) is 4.79 Å². The third kappa shape index (κ3) is 3.18. The molecule has 1 aromatic heterocycles. The van der Waals surface area contributed by atoms with Crippen LogP contribution in [0, 0.1) is 0 Å². The Morgan fingerprint density at radius 1 is 1.14 bits per heavy atom. The summed E-state index contributed by atoms with van der Waals surface area (Å²) in [6.07, 6.45) is 1.05. The molecule has 0 fully saturated rings. The van der Waals surface area contributed by atoms with Crippen molar-refractivity contribution in [1.82, 2.24) is 9.88 Å². The Morgan fingerprint density at radius 3 is 2.46 bits per heavy atom. The average Bonchev–Trinajstić information content (AvgIpc) is 3.20. The van der Waals surface area contributed by atoms with Gasteiger partial charge in [0.05, 0.1) is 21.3 Å². The van der Waals surface area contributed by atoms with Crippen LogP contribution < -0.4 is 5.32 Å². The van der Waals surface area contributed by atoms with Gasteiger partial charge in [0.15, 0.2) is 5.13 Å². The van der Waals surface area contributed by atoms with E-state index in [0.29, 0.717) is 22.2 Å². The molecular formula is C21H19N3O3S. The molecule has 0 radical (unpaired) electrons. The van der Waals surface area contributed by atoms with Crippen molar-refractivity contribution in [2.45, 2.75) is 26.2 Å². The molecule has 0 spiro atoms. The maximum absolute atomic E-state index is 12.4. The van der Waals surface area contributed by atoms with Crippen LogP contribution in [0.15, 0.2) is 42.5 Å². The van der Waals surface area contributed by atoms with E-state index in [-0.39, 0.29) is 6.54 Å². The largest absolute Gasteiger partial charge is 0.300 e. The second-order valence-electron chi connectivity index (χ2n) is 6.85. The number of amides is 3. The van der Waals surface area contributed by atoms with E-state index in [0.717, 1.165) is 21.5 Å². The Balaban J connectivity index is 1.48. The Kier molecular flexibility index (Phi) is 4.68.